The van der Waals surface area contributed by atoms with Crippen molar-refractivity contribution in [2.24, 2.45) is 13.0 Å². The van der Waals surface area contributed by atoms with Gasteiger partial charge >= 0.3 is 0 Å². The third-order valence-corrected chi connectivity index (χ3v) is 4.34. The standard InChI is InChI=1S/C16H18N6O2/c1-10-3-6-22-12(9-10)19-20-16(22)18-15(23)11-4-8-24-13(11)14-17-5-7-21(14)2/h3,5-7,9,11,13H,4,8H2,1-2H3,(H,18,20,23)/t11-,13-/m1/s1. The number of aryl methyl sites for hydroxylation is 2. The zero-order chi connectivity index (χ0) is 16.7. The SMILES string of the molecule is Cc1ccn2c(NC(=O)[C@@H]3CCO[C@H]3c3nccn3C)nnc2c1. The van der Waals surface area contributed by atoms with Crippen molar-refractivity contribution in [1.29, 1.82) is 0 Å². The lowest BCUT2D eigenvalue weighted by molar-refractivity contribution is -0.121. The van der Waals surface area contributed by atoms with Crippen LogP contribution in [0.3, 0.4) is 0 Å². The molecule has 4 heterocycles. The normalized spacial score (nSPS) is 20.6. The molecule has 0 aliphatic carbocycles. The first-order chi connectivity index (χ1) is 11.6. The second-order valence-electron chi connectivity index (χ2n) is 6.03. The first-order valence-electron chi connectivity index (χ1n) is 7.84. The predicted molar refractivity (Wildman–Crippen MR) is 86.4 cm³/mol. The molecule has 0 radical (unpaired) electrons. The number of hydrogen-bond donors (Lipinski definition) is 1. The van der Waals surface area contributed by atoms with E-state index < -0.39 is 0 Å². The Labute approximate surface area is 138 Å². The molecule has 0 bridgehead atoms. The lowest BCUT2D eigenvalue weighted by Crippen LogP contribution is -2.27. The minimum Gasteiger partial charge on any atom is -0.369 e. The van der Waals surface area contributed by atoms with E-state index >= 15 is 0 Å². The van der Waals surface area contributed by atoms with Crippen LogP contribution in [-0.4, -0.2) is 36.7 Å². The fraction of sp³-hybridized carbons (Fsp3) is 0.375. The van der Waals surface area contributed by atoms with Crippen LogP contribution in [0.2, 0.25) is 0 Å². The molecule has 3 aromatic heterocycles. The molecule has 0 spiro atoms. The van der Waals surface area contributed by atoms with Gasteiger partial charge < -0.3 is 9.30 Å². The minimum absolute atomic E-state index is 0.129. The Morgan fingerprint density at radius 1 is 1.38 bits per heavy atom. The van der Waals surface area contributed by atoms with Crippen molar-refractivity contribution in [3.05, 3.63) is 42.1 Å². The maximum atomic E-state index is 12.7. The van der Waals surface area contributed by atoms with Crippen LogP contribution in [0.5, 0.6) is 0 Å². The number of fused-ring (bicyclic) bond motifs is 1. The molecule has 2 atom stereocenters. The Hall–Kier alpha value is -2.74. The van der Waals surface area contributed by atoms with Gasteiger partial charge in [-0.1, -0.05) is 0 Å². The van der Waals surface area contributed by atoms with E-state index in [-0.39, 0.29) is 17.9 Å². The summed E-state index contributed by atoms with van der Waals surface area (Å²) in [7, 11) is 1.90. The van der Waals surface area contributed by atoms with Gasteiger partial charge in [-0.3, -0.25) is 14.5 Å². The highest BCUT2D eigenvalue weighted by atomic mass is 16.5. The molecule has 1 amide bonds. The summed E-state index contributed by atoms with van der Waals surface area (Å²) in [6, 6.07) is 3.86. The molecule has 4 rings (SSSR count). The van der Waals surface area contributed by atoms with Crippen LogP contribution in [0.15, 0.2) is 30.7 Å². The van der Waals surface area contributed by atoms with E-state index in [1.54, 1.807) is 10.6 Å². The zero-order valence-electron chi connectivity index (χ0n) is 13.5. The second-order valence-corrected chi connectivity index (χ2v) is 6.03. The average Bonchev–Trinajstić information content (AvgIpc) is 3.26. The lowest BCUT2D eigenvalue weighted by Gasteiger charge is -2.17. The van der Waals surface area contributed by atoms with Crippen LogP contribution < -0.4 is 5.32 Å². The molecular weight excluding hydrogens is 308 g/mol. The number of carbonyl (C=O) groups excluding carboxylic acids is 1. The van der Waals surface area contributed by atoms with Crippen LogP contribution in [0.1, 0.15) is 23.9 Å². The summed E-state index contributed by atoms with van der Waals surface area (Å²) >= 11 is 0. The first-order valence-corrected chi connectivity index (χ1v) is 7.84. The van der Waals surface area contributed by atoms with Crippen molar-refractivity contribution in [3.63, 3.8) is 0 Å². The Balaban J connectivity index is 1.58. The van der Waals surface area contributed by atoms with Crippen molar-refractivity contribution in [2.45, 2.75) is 19.4 Å². The first kappa shape index (κ1) is 14.8. The number of ether oxygens (including phenoxy) is 1. The van der Waals surface area contributed by atoms with Gasteiger partial charge in [-0.2, -0.15) is 0 Å². The Kier molecular flexibility index (Phi) is 3.53. The fourth-order valence-corrected chi connectivity index (χ4v) is 3.04. The van der Waals surface area contributed by atoms with Gasteiger partial charge in [0.25, 0.3) is 0 Å². The molecule has 0 unspecified atom stereocenters. The Morgan fingerprint density at radius 2 is 2.25 bits per heavy atom. The van der Waals surface area contributed by atoms with Crippen LogP contribution in [0.4, 0.5) is 5.95 Å². The molecule has 1 saturated heterocycles. The van der Waals surface area contributed by atoms with Crippen molar-refractivity contribution in [2.75, 3.05) is 11.9 Å². The number of imidazole rings is 1. The molecule has 1 aliphatic rings. The van der Waals surface area contributed by atoms with E-state index in [0.717, 1.165) is 11.4 Å². The maximum Gasteiger partial charge on any atom is 0.235 e. The molecule has 24 heavy (non-hydrogen) atoms. The number of aromatic nitrogens is 5. The number of nitrogens with zero attached hydrogens (tertiary/aromatic N) is 5. The molecule has 124 valence electrons. The van der Waals surface area contributed by atoms with Gasteiger partial charge in [0.15, 0.2) is 5.65 Å². The second kappa shape index (κ2) is 5.72. The van der Waals surface area contributed by atoms with E-state index in [4.69, 9.17) is 4.74 Å². The summed E-state index contributed by atoms with van der Waals surface area (Å²) in [5.41, 5.74) is 1.79. The molecule has 1 N–H and O–H groups in total. The molecular formula is C16H18N6O2. The van der Waals surface area contributed by atoms with Crippen molar-refractivity contribution < 1.29 is 9.53 Å². The van der Waals surface area contributed by atoms with Crippen LogP contribution >= 0.6 is 0 Å². The quantitative estimate of drug-likeness (QED) is 0.788. The molecule has 3 aromatic rings. The van der Waals surface area contributed by atoms with E-state index in [2.05, 4.69) is 20.5 Å². The highest BCUT2D eigenvalue weighted by molar-refractivity contribution is 5.92. The number of carbonyl (C=O) groups is 1. The van der Waals surface area contributed by atoms with E-state index in [0.29, 0.717) is 24.6 Å². The molecule has 8 heteroatoms. The van der Waals surface area contributed by atoms with Crippen LogP contribution in [0.25, 0.3) is 5.65 Å². The summed E-state index contributed by atoms with van der Waals surface area (Å²) in [5.74, 6) is 0.745. The maximum absolute atomic E-state index is 12.7. The topological polar surface area (TPSA) is 86.3 Å². The highest BCUT2D eigenvalue weighted by Gasteiger charge is 2.37. The largest absolute Gasteiger partial charge is 0.369 e. The highest BCUT2D eigenvalue weighted by Crippen LogP contribution is 2.34. The zero-order valence-corrected chi connectivity index (χ0v) is 13.5. The number of anilines is 1. The Bertz CT molecular complexity index is 899. The van der Waals surface area contributed by atoms with Crippen molar-refractivity contribution in [3.8, 4) is 0 Å². The minimum atomic E-state index is -0.341. The van der Waals surface area contributed by atoms with E-state index in [1.807, 2.05) is 43.1 Å². The van der Waals surface area contributed by atoms with E-state index in [9.17, 15) is 4.79 Å². The average molecular weight is 326 g/mol. The molecule has 0 aromatic carbocycles. The van der Waals surface area contributed by atoms with Crippen molar-refractivity contribution in [1.82, 2.24) is 24.1 Å². The number of pyridine rings is 1. The van der Waals surface area contributed by atoms with Crippen molar-refractivity contribution >= 4 is 17.5 Å². The third-order valence-electron chi connectivity index (χ3n) is 4.34. The van der Waals surface area contributed by atoms with Gasteiger partial charge in [0, 0.05) is 32.2 Å². The predicted octanol–water partition coefficient (Wildman–Crippen LogP) is 1.49. The van der Waals surface area contributed by atoms with E-state index in [1.165, 1.54) is 0 Å². The van der Waals surface area contributed by atoms with Gasteiger partial charge in [0.2, 0.25) is 11.9 Å². The van der Waals surface area contributed by atoms with Crippen LogP contribution in [-0.2, 0) is 16.6 Å². The number of rotatable bonds is 3. The molecule has 8 nitrogen and oxygen atoms in total. The van der Waals surface area contributed by atoms with Gasteiger partial charge in [-0.05, 0) is 31.0 Å². The monoisotopic (exact) mass is 326 g/mol. The van der Waals surface area contributed by atoms with Crippen LogP contribution in [0, 0.1) is 12.8 Å². The number of nitrogens with one attached hydrogen (secondary N) is 1. The lowest BCUT2D eigenvalue weighted by atomic mass is 10.00. The summed E-state index contributed by atoms with van der Waals surface area (Å²) < 4.78 is 9.39. The summed E-state index contributed by atoms with van der Waals surface area (Å²) in [4.78, 5) is 17.0. The number of hydrogen-bond acceptors (Lipinski definition) is 5. The Morgan fingerprint density at radius 3 is 3.04 bits per heavy atom. The van der Waals surface area contributed by atoms with Gasteiger partial charge in [-0.15, -0.1) is 10.2 Å². The molecule has 1 aliphatic heterocycles. The van der Waals surface area contributed by atoms with Gasteiger partial charge in [0.1, 0.15) is 11.9 Å². The van der Waals surface area contributed by atoms with Gasteiger partial charge in [0.05, 0.1) is 5.92 Å². The number of amides is 1. The smallest absolute Gasteiger partial charge is 0.235 e. The summed E-state index contributed by atoms with van der Waals surface area (Å²) in [6.45, 7) is 2.52. The summed E-state index contributed by atoms with van der Waals surface area (Å²) in [6.07, 6.45) is 5.72. The van der Waals surface area contributed by atoms with Gasteiger partial charge in [-0.25, -0.2) is 4.98 Å². The fourth-order valence-electron chi connectivity index (χ4n) is 3.04. The molecule has 1 fully saturated rings. The molecule has 0 saturated carbocycles. The third kappa shape index (κ3) is 2.44. The summed E-state index contributed by atoms with van der Waals surface area (Å²) in [5, 5.41) is 11.0.